The molecule has 124 valence electrons. The largest absolute Gasteiger partial charge is 0.481 e. The Morgan fingerprint density at radius 1 is 1.17 bits per heavy atom. The molecule has 0 bridgehead atoms. The topological polar surface area (TPSA) is 71.4 Å². The summed E-state index contributed by atoms with van der Waals surface area (Å²) >= 11 is 0. The maximum atomic E-state index is 5.04. The third kappa shape index (κ3) is 6.81. The highest BCUT2D eigenvalue weighted by molar-refractivity contribution is 14.0. The summed E-state index contributed by atoms with van der Waals surface area (Å²) in [5.74, 6) is 1.36. The maximum Gasteiger partial charge on any atom is 0.212 e. The molecule has 0 amide bonds. The van der Waals surface area contributed by atoms with Crippen LogP contribution in [0.3, 0.4) is 0 Å². The lowest BCUT2D eigenvalue weighted by atomic mass is 10.3. The van der Waals surface area contributed by atoms with Crippen molar-refractivity contribution in [2.24, 2.45) is 4.99 Å². The van der Waals surface area contributed by atoms with Crippen molar-refractivity contribution in [3.63, 3.8) is 0 Å². The van der Waals surface area contributed by atoms with Gasteiger partial charge in [0, 0.05) is 25.0 Å². The SMILES string of the molecule is CCNC(=NCc1ccc(OC)nc1)NCc1ccccn1.I. The van der Waals surface area contributed by atoms with Crippen molar-refractivity contribution in [3.05, 3.63) is 54.0 Å². The first kappa shape index (κ1) is 19.1. The van der Waals surface area contributed by atoms with E-state index < -0.39 is 0 Å². The minimum atomic E-state index is 0. The van der Waals surface area contributed by atoms with Crippen LogP contribution in [0.15, 0.2) is 47.7 Å². The van der Waals surface area contributed by atoms with Crippen LogP contribution in [0.1, 0.15) is 18.2 Å². The smallest absolute Gasteiger partial charge is 0.212 e. The van der Waals surface area contributed by atoms with Gasteiger partial charge in [-0.2, -0.15) is 0 Å². The van der Waals surface area contributed by atoms with Gasteiger partial charge in [0.15, 0.2) is 5.96 Å². The molecule has 0 saturated carbocycles. The Kier molecular flexibility index (Phi) is 8.96. The molecule has 23 heavy (non-hydrogen) atoms. The average molecular weight is 427 g/mol. The van der Waals surface area contributed by atoms with Crippen molar-refractivity contribution >= 4 is 29.9 Å². The van der Waals surface area contributed by atoms with Gasteiger partial charge in [0.25, 0.3) is 0 Å². The second-order valence-electron chi connectivity index (χ2n) is 4.58. The lowest BCUT2D eigenvalue weighted by Crippen LogP contribution is -2.37. The van der Waals surface area contributed by atoms with Crippen LogP contribution in [0.5, 0.6) is 5.88 Å². The Bertz CT molecular complexity index is 589. The first-order valence-corrected chi connectivity index (χ1v) is 7.23. The maximum absolute atomic E-state index is 5.04. The van der Waals surface area contributed by atoms with E-state index in [9.17, 15) is 0 Å². The molecule has 0 unspecified atom stereocenters. The molecule has 0 fully saturated rings. The number of hydrogen-bond donors (Lipinski definition) is 2. The lowest BCUT2D eigenvalue weighted by molar-refractivity contribution is 0.397. The molecule has 7 heteroatoms. The molecule has 6 nitrogen and oxygen atoms in total. The Morgan fingerprint density at radius 2 is 2.04 bits per heavy atom. The molecule has 0 aliphatic carbocycles. The standard InChI is InChI=1S/C16H21N5O.HI/c1-3-17-16(21-12-14-6-4-5-9-18-14)20-11-13-7-8-15(22-2)19-10-13;/h4-10H,3,11-12H2,1-2H3,(H2,17,20,21);1H. The predicted octanol–water partition coefficient (Wildman–Crippen LogP) is 2.36. The summed E-state index contributed by atoms with van der Waals surface area (Å²) in [4.78, 5) is 13.0. The number of halogens is 1. The quantitative estimate of drug-likeness (QED) is 0.421. The van der Waals surface area contributed by atoms with Crippen molar-refractivity contribution in [1.29, 1.82) is 0 Å². The van der Waals surface area contributed by atoms with Gasteiger partial charge in [-0.25, -0.2) is 9.98 Å². The van der Waals surface area contributed by atoms with Crippen molar-refractivity contribution in [2.45, 2.75) is 20.0 Å². The molecule has 0 atom stereocenters. The zero-order valence-corrected chi connectivity index (χ0v) is 15.7. The van der Waals surface area contributed by atoms with Gasteiger partial charge in [0.2, 0.25) is 5.88 Å². The first-order chi connectivity index (χ1) is 10.8. The molecule has 0 aliphatic rings. The van der Waals surface area contributed by atoms with Crippen molar-refractivity contribution in [2.75, 3.05) is 13.7 Å². The van der Waals surface area contributed by atoms with Crippen LogP contribution in [-0.4, -0.2) is 29.6 Å². The Hall–Kier alpha value is -1.90. The summed E-state index contributed by atoms with van der Waals surface area (Å²) in [6, 6.07) is 9.64. The van der Waals surface area contributed by atoms with E-state index in [1.165, 1.54) is 0 Å². The summed E-state index contributed by atoms with van der Waals surface area (Å²) in [6.45, 7) is 4.02. The highest BCUT2D eigenvalue weighted by Crippen LogP contribution is 2.07. The molecule has 0 spiro atoms. The third-order valence-corrected chi connectivity index (χ3v) is 2.93. The van der Waals surface area contributed by atoms with Crippen molar-refractivity contribution in [3.8, 4) is 5.88 Å². The van der Waals surface area contributed by atoms with E-state index in [1.54, 1.807) is 19.5 Å². The number of pyridine rings is 2. The Morgan fingerprint density at radius 3 is 2.65 bits per heavy atom. The van der Waals surface area contributed by atoms with E-state index in [0.29, 0.717) is 19.0 Å². The van der Waals surface area contributed by atoms with Gasteiger partial charge >= 0.3 is 0 Å². The third-order valence-electron chi connectivity index (χ3n) is 2.93. The number of nitrogens with zero attached hydrogens (tertiary/aromatic N) is 3. The van der Waals surface area contributed by atoms with Crippen LogP contribution >= 0.6 is 24.0 Å². The van der Waals surface area contributed by atoms with Crippen LogP contribution in [-0.2, 0) is 13.1 Å². The minimum Gasteiger partial charge on any atom is -0.481 e. The van der Waals surface area contributed by atoms with Crippen LogP contribution in [0, 0.1) is 0 Å². The Balaban J connectivity index is 0.00000264. The van der Waals surface area contributed by atoms with Gasteiger partial charge in [-0.15, -0.1) is 24.0 Å². The molecule has 2 N–H and O–H groups in total. The normalized spacial score (nSPS) is 10.6. The van der Waals surface area contributed by atoms with E-state index in [1.807, 2.05) is 37.3 Å². The fourth-order valence-electron chi connectivity index (χ4n) is 1.81. The number of rotatable bonds is 6. The number of ether oxygens (including phenoxy) is 1. The zero-order valence-electron chi connectivity index (χ0n) is 13.3. The van der Waals surface area contributed by atoms with E-state index >= 15 is 0 Å². The van der Waals surface area contributed by atoms with Gasteiger partial charge in [-0.1, -0.05) is 12.1 Å². The fourth-order valence-corrected chi connectivity index (χ4v) is 1.81. The van der Waals surface area contributed by atoms with Gasteiger partial charge in [-0.05, 0) is 24.6 Å². The summed E-state index contributed by atoms with van der Waals surface area (Å²) in [6.07, 6.45) is 3.55. The molecule has 2 heterocycles. The van der Waals surface area contributed by atoms with Crippen LogP contribution < -0.4 is 15.4 Å². The number of aromatic nitrogens is 2. The highest BCUT2D eigenvalue weighted by Gasteiger charge is 2.00. The number of nitrogens with one attached hydrogen (secondary N) is 2. The van der Waals surface area contributed by atoms with Gasteiger partial charge < -0.3 is 15.4 Å². The van der Waals surface area contributed by atoms with Gasteiger partial charge in [-0.3, -0.25) is 4.98 Å². The number of aliphatic imine (C=N–C) groups is 1. The minimum absolute atomic E-state index is 0. The number of methoxy groups -OCH3 is 1. The van der Waals surface area contributed by atoms with Gasteiger partial charge in [0.1, 0.15) is 0 Å². The molecule has 2 rings (SSSR count). The van der Waals surface area contributed by atoms with Crippen LogP contribution in [0.4, 0.5) is 0 Å². The molecule has 2 aromatic heterocycles. The second kappa shape index (κ2) is 10.8. The summed E-state index contributed by atoms with van der Waals surface area (Å²) < 4.78 is 5.04. The van der Waals surface area contributed by atoms with E-state index in [4.69, 9.17) is 4.74 Å². The van der Waals surface area contributed by atoms with E-state index in [0.717, 1.165) is 23.8 Å². The van der Waals surface area contributed by atoms with Crippen molar-refractivity contribution < 1.29 is 4.74 Å². The number of guanidine groups is 1. The molecular weight excluding hydrogens is 405 g/mol. The average Bonchev–Trinajstić information content (AvgIpc) is 2.59. The summed E-state index contributed by atoms with van der Waals surface area (Å²) in [5.41, 5.74) is 2.00. The second-order valence-corrected chi connectivity index (χ2v) is 4.58. The Labute approximate surface area is 153 Å². The number of hydrogen-bond acceptors (Lipinski definition) is 4. The van der Waals surface area contributed by atoms with Gasteiger partial charge in [0.05, 0.1) is 25.9 Å². The highest BCUT2D eigenvalue weighted by atomic mass is 127. The van der Waals surface area contributed by atoms with Crippen molar-refractivity contribution in [1.82, 2.24) is 20.6 Å². The molecule has 0 radical (unpaired) electrons. The molecule has 0 aromatic carbocycles. The fraction of sp³-hybridized carbons (Fsp3) is 0.312. The predicted molar refractivity (Wildman–Crippen MR) is 102 cm³/mol. The molecular formula is C16H22IN5O. The summed E-state index contributed by atoms with van der Waals surface area (Å²) in [5, 5.41) is 6.47. The van der Waals surface area contributed by atoms with Crippen LogP contribution in [0.2, 0.25) is 0 Å². The first-order valence-electron chi connectivity index (χ1n) is 7.23. The molecule has 2 aromatic rings. The summed E-state index contributed by atoms with van der Waals surface area (Å²) in [7, 11) is 1.60. The molecule has 0 saturated heterocycles. The monoisotopic (exact) mass is 427 g/mol. The lowest BCUT2D eigenvalue weighted by Gasteiger charge is -2.11. The van der Waals surface area contributed by atoms with Crippen LogP contribution in [0.25, 0.3) is 0 Å². The van der Waals surface area contributed by atoms with E-state index in [-0.39, 0.29) is 24.0 Å². The zero-order chi connectivity index (χ0) is 15.6. The van der Waals surface area contributed by atoms with E-state index in [2.05, 4.69) is 25.6 Å². The molecule has 0 aliphatic heterocycles.